The number of aromatic amines is 1. The standard InChI is InChI=1S/C16H23N3O/c1-3-11(2)15(17)16(20)18-9-8-12-10-19-14-7-5-4-6-13(12)14/h4-7,10-11,15,19H,3,8-9,17H2,1-2H3,(H,18,20)/t11?,15-/m0/s1. The van der Waals surface area contributed by atoms with Crippen molar-refractivity contribution in [1.29, 1.82) is 0 Å². The van der Waals surface area contributed by atoms with E-state index >= 15 is 0 Å². The zero-order valence-corrected chi connectivity index (χ0v) is 12.1. The Labute approximate surface area is 119 Å². The van der Waals surface area contributed by atoms with Gasteiger partial charge in [-0.25, -0.2) is 0 Å². The number of carbonyl (C=O) groups excluding carboxylic acids is 1. The summed E-state index contributed by atoms with van der Waals surface area (Å²) >= 11 is 0. The van der Waals surface area contributed by atoms with Crippen molar-refractivity contribution in [2.45, 2.75) is 32.7 Å². The molecule has 4 nitrogen and oxygen atoms in total. The molecule has 2 rings (SSSR count). The van der Waals surface area contributed by atoms with Gasteiger partial charge >= 0.3 is 0 Å². The number of para-hydroxylation sites is 1. The highest BCUT2D eigenvalue weighted by Gasteiger charge is 2.18. The lowest BCUT2D eigenvalue weighted by molar-refractivity contribution is -0.123. The quantitative estimate of drug-likeness (QED) is 0.755. The summed E-state index contributed by atoms with van der Waals surface area (Å²) in [6.07, 6.45) is 3.73. The third-order valence-electron chi connectivity index (χ3n) is 3.93. The lowest BCUT2D eigenvalue weighted by atomic mass is 9.99. The molecule has 0 bridgehead atoms. The van der Waals surface area contributed by atoms with E-state index in [9.17, 15) is 4.79 Å². The second-order valence-corrected chi connectivity index (χ2v) is 5.31. The zero-order valence-electron chi connectivity index (χ0n) is 12.1. The molecule has 4 heteroatoms. The van der Waals surface area contributed by atoms with Crippen molar-refractivity contribution in [2.24, 2.45) is 11.7 Å². The molecule has 4 N–H and O–H groups in total. The minimum atomic E-state index is -0.414. The van der Waals surface area contributed by atoms with Crippen LogP contribution in [0.15, 0.2) is 30.5 Å². The first-order chi connectivity index (χ1) is 9.63. The molecule has 108 valence electrons. The fourth-order valence-corrected chi connectivity index (χ4v) is 2.29. The van der Waals surface area contributed by atoms with Gasteiger partial charge in [-0.2, -0.15) is 0 Å². The number of fused-ring (bicyclic) bond motifs is 1. The van der Waals surface area contributed by atoms with Gasteiger partial charge in [-0.15, -0.1) is 0 Å². The maximum absolute atomic E-state index is 11.9. The normalized spacial score (nSPS) is 14.2. The molecule has 0 aliphatic rings. The van der Waals surface area contributed by atoms with Gasteiger partial charge in [-0.05, 0) is 24.0 Å². The fraction of sp³-hybridized carbons (Fsp3) is 0.438. The van der Waals surface area contributed by atoms with Crippen LogP contribution in [-0.2, 0) is 11.2 Å². The second kappa shape index (κ2) is 6.57. The van der Waals surface area contributed by atoms with E-state index in [1.165, 1.54) is 10.9 Å². The number of amides is 1. The predicted octanol–water partition coefficient (Wildman–Crippen LogP) is 2.20. The second-order valence-electron chi connectivity index (χ2n) is 5.31. The molecule has 0 aliphatic carbocycles. The molecule has 1 aromatic heterocycles. The summed E-state index contributed by atoms with van der Waals surface area (Å²) in [6, 6.07) is 7.76. The average Bonchev–Trinajstić information content (AvgIpc) is 2.89. The van der Waals surface area contributed by atoms with Gasteiger partial charge in [0.05, 0.1) is 6.04 Å². The molecule has 2 aromatic rings. The van der Waals surface area contributed by atoms with E-state index in [0.717, 1.165) is 18.4 Å². The molecule has 0 saturated carbocycles. The number of nitrogens with one attached hydrogen (secondary N) is 2. The van der Waals surface area contributed by atoms with Crippen molar-refractivity contribution in [3.05, 3.63) is 36.0 Å². The molecule has 1 heterocycles. The summed E-state index contributed by atoms with van der Waals surface area (Å²) in [6.45, 7) is 4.67. The van der Waals surface area contributed by atoms with Crippen LogP contribution < -0.4 is 11.1 Å². The minimum Gasteiger partial charge on any atom is -0.361 e. The number of hydrogen-bond donors (Lipinski definition) is 3. The van der Waals surface area contributed by atoms with Crippen molar-refractivity contribution in [2.75, 3.05) is 6.54 Å². The van der Waals surface area contributed by atoms with Crippen LogP contribution >= 0.6 is 0 Å². The topological polar surface area (TPSA) is 70.9 Å². The number of aromatic nitrogens is 1. The average molecular weight is 273 g/mol. The third-order valence-corrected chi connectivity index (χ3v) is 3.93. The Hall–Kier alpha value is -1.81. The summed E-state index contributed by atoms with van der Waals surface area (Å²) in [4.78, 5) is 15.1. The summed E-state index contributed by atoms with van der Waals surface area (Å²) in [7, 11) is 0. The van der Waals surface area contributed by atoms with Crippen molar-refractivity contribution in [1.82, 2.24) is 10.3 Å². The van der Waals surface area contributed by atoms with E-state index in [4.69, 9.17) is 5.73 Å². The molecule has 0 spiro atoms. The first-order valence-electron chi connectivity index (χ1n) is 7.21. The third kappa shape index (κ3) is 3.20. The van der Waals surface area contributed by atoms with Crippen LogP contribution in [0.3, 0.4) is 0 Å². The molecular weight excluding hydrogens is 250 g/mol. The molecule has 20 heavy (non-hydrogen) atoms. The van der Waals surface area contributed by atoms with Gasteiger partial charge in [0, 0.05) is 23.6 Å². The van der Waals surface area contributed by atoms with Crippen molar-refractivity contribution in [3.63, 3.8) is 0 Å². The largest absolute Gasteiger partial charge is 0.361 e. The van der Waals surface area contributed by atoms with Gasteiger partial charge in [-0.3, -0.25) is 4.79 Å². The van der Waals surface area contributed by atoms with Crippen molar-refractivity contribution in [3.8, 4) is 0 Å². The SMILES string of the molecule is CCC(C)[C@H](N)C(=O)NCCc1c[nH]c2ccccc12. The molecule has 2 atom stereocenters. The Kier molecular flexibility index (Phi) is 4.79. The minimum absolute atomic E-state index is 0.0563. The van der Waals surface area contributed by atoms with Crippen LogP contribution in [0.5, 0.6) is 0 Å². The lowest BCUT2D eigenvalue weighted by Gasteiger charge is -2.17. The first kappa shape index (κ1) is 14.6. The monoisotopic (exact) mass is 273 g/mol. The molecular formula is C16H23N3O. The molecule has 1 unspecified atom stereocenters. The highest BCUT2D eigenvalue weighted by atomic mass is 16.2. The van der Waals surface area contributed by atoms with Crippen molar-refractivity contribution < 1.29 is 4.79 Å². The summed E-state index contributed by atoms with van der Waals surface area (Å²) in [5, 5.41) is 4.14. The summed E-state index contributed by atoms with van der Waals surface area (Å²) in [5.74, 6) is 0.155. The van der Waals surface area contributed by atoms with E-state index in [1.54, 1.807) is 0 Å². The van der Waals surface area contributed by atoms with Gasteiger partial charge in [-0.1, -0.05) is 38.5 Å². The maximum atomic E-state index is 11.9. The van der Waals surface area contributed by atoms with E-state index < -0.39 is 6.04 Å². The molecule has 1 amide bonds. The molecule has 0 saturated heterocycles. The predicted molar refractivity (Wildman–Crippen MR) is 82.4 cm³/mol. The summed E-state index contributed by atoms with van der Waals surface area (Å²) < 4.78 is 0. The highest BCUT2D eigenvalue weighted by Crippen LogP contribution is 2.17. The number of H-pyrrole nitrogens is 1. The van der Waals surface area contributed by atoms with E-state index in [-0.39, 0.29) is 11.8 Å². The van der Waals surface area contributed by atoms with Gasteiger partial charge in [0.2, 0.25) is 5.91 Å². The summed E-state index contributed by atoms with van der Waals surface area (Å²) in [5.41, 5.74) is 8.25. The van der Waals surface area contributed by atoms with Gasteiger partial charge < -0.3 is 16.0 Å². The van der Waals surface area contributed by atoms with Crippen LogP contribution in [0.1, 0.15) is 25.8 Å². The number of benzene rings is 1. The Bertz CT molecular complexity index is 576. The Balaban J connectivity index is 1.88. The Morgan fingerprint density at radius 2 is 2.15 bits per heavy atom. The van der Waals surface area contributed by atoms with Gasteiger partial charge in [0.1, 0.15) is 0 Å². The van der Waals surface area contributed by atoms with Crippen LogP contribution in [0.25, 0.3) is 10.9 Å². The molecule has 0 radical (unpaired) electrons. The van der Waals surface area contributed by atoms with Crippen LogP contribution in [0, 0.1) is 5.92 Å². The van der Waals surface area contributed by atoms with Crippen LogP contribution in [0.4, 0.5) is 0 Å². The molecule has 0 aliphatic heterocycles. The number of rotatable bonds is 6. The first-order valence-corrected chi connectivity index (χ1v) is 7.21. The van der Waals surface area contributed by atoms with E-state index in [2.05, 4.69) is 22.4 Å². The lowest BCUT2D eigenvalue weighted by Crippen LogP contribution is -2.45. The number of hydrogen-bond acceptors (Lipinski definition) is 2. The number of carbonyl (C=O) groups is 1. The maximum Gasteiger partial charge on any atom is 0.237 e. The highest BCUT2D eigenvalue weighted by molar-refractivity contribution is 5.83. The van der Waals surface area contributed by atoms with Gasteiger partial charge in [0.25, 0.3) is 0 Å². The molecule has 1 aromatic carbocycles. The Morgan fingerprint density at radius 1 is 1.40 bits per heavy atom. The van der Waals surface area contributed by atoms with Crippen LogP contribution in [-0.4, -0.2) is 23.5 Å². The van der Waals surface area contributed by atoms with E-state index in [1.807, 2.05) is 32.2 Å². The Morgan fingerprint density at radius 3 is 2.90 bits per heavy atom. The van der Waals surface area contributed by atoms with E-state index in [0.29, 0.717) is 6.54 Å². The number of nitrogens with two attached hydrogens (primary N) is 1. The fourth-order valence-electron chi connectivity index (χ4n) is 2.29. The van der Waals surface area contributed by atoms with Crippen molar-refractivity contribution >= 4 is 16.8 Å². The van der Waals surface area contributed by atoms with Crippen LogP contribution in [0.2, 0.25) is 0 Å². The van der Waals surface area contributed by atoms with Gasteiger partial charge in [0.15, 0.2) is 0 Å². The zero-order chi connectivity index (χ0) is 14.5. The smallest absolute Gasteiger partial charge is 0.237 e. The molecule has 0 fully saturated rings.